The van der Waals surface area contributed by atoms with Crippen molar-refractivity contribution in [2.75, 3.05) is 36.2 Å². The van der Waals surface area contributed by atoms with Gasteiger partial charge in [-0.3, -0.25) is 14.2 Å². The molecule has 3 aliphatic rings. The molecule has 0 unspecified atom stereocenters. The number of fused-ring (bicyclic) bond motifs is 1. The fourth-order valence-electron chi connectivity index (χ4n) is 4.55. The lowest BCUT2D eigenvalue weighted by Crippen LogP contribution is -2.52. The summed E-state index contributed by atoms with van der Waals surface area (Å²) in [5.74, 6) is -1.11. The van der Waals surface area contributed by atoms with Crippen LogP contribution in [0.1, 0.15) is 32.1 Å². The number of aromatic nitrogens is 2. The predicted octanol–water partition coefficient (Wildman–Crippen LogP) is 0.858. The second-order valence-electron chi connectivity index (χ2n) is 7.87. The standard InChI is InChI=1S/C20H24N4O5/c1-21-16-13-14(22-9-7-20(8-10-22)28-11-12-29-20)5-6-15(16)23(19(21)27)24-17(25)3-2-4-18(24)26/h5-6,13H,2-4,7-12H2,1H3. The van der Waals surface area contributed by atoms with E-state index < -0.39 is 11.5 Å². The van der Waals surface area contributed by atoms with Crippen LogP contribution in [-0.2, 0) is 26.1 Å². The minimum atomic E-state index is -0.439. The van der Waals surface area contributed by atoms with Crippen molar-refractivity contribution in [1.29, 1.82) is 0 Å². The molecule has 3 saturated heterocycles. The summed E-state index contributed by atoms with van der Waals surface area (Å²) in [4.78, 5) is 39.8. The number of imidazole rings is 1. The third-order valence-electron chi connectivity index (χ3n) is 6.17. The van der Waals surface area contributed by atoms with Crippen molar-refractivity contribution in [3.63, 3.8) is 0 Å². The van der Waals surface area contributed by atoms with E-state index in [0.717, 1.165) is 36.6 Å². The molecule has 9 heteroatoms. The summed E-state index contributed by atoms with van der Waals surface area (Å²) in [6.07, 6.45) is 2.66. The molecule has 0 bridgehead atoms. The van der Waals surface area contributed by atoms with Crippen LogP contribution in [0.25, 0.3) is 11.0 Å². The molecule has 0 aliphatic carbocycles. The number of piperidine rings is 2. The number of ether oxygens (including phenoxy) is 2. The molecule has 1 aromatic carbocycles. The fourth-order valence-corrected chi connectivity index (χ4v) is 4.55. The first-order valence-electron chi connectivity index (χ1n) is 10.1. The maximum absolute atomic E-state index is 12.9. The molecule has 0 radical (unpaired) electrons. The molecule has 2 amide bonds. The molecule has 4 heterocycles. The van der Waals surface area contributed by atoms with E-state index in [-0.39, 0.29) is 24.7 Å². The van der Waals surface area contributed by atoms with Gasteiger partial charge in [-0.1, -0.05) is 0 Å². The molecular weight excluding hydrogens is 376 g/mol. The highest BCUT2D eigenvalue weighted by molar-refractivity contribution is 6.11. The van der Waals surface area contributed by atoms with Gasteiger partial charge in [0.2, 0.25) is 11.8 Å². The van der Waals surface area contributed by atoms with Gasteiger partial charge in [0.05, 0.1) is 24.2 Å². The van der Waals surface area contributed by atoms with E-state index in [9.17, 15) is 14.4 Å². The number of carbonyl (C=O) groups excluding carboxylic acids is 2. The van der Waals surface area contributed by atoms with Gasteiger partial charge >= 0.3 is 5.69 Å². The van der Waals surface area contributed by atoms with Crippen molar-refractivity contribution >= 4 is 28.5 Å². The van der Waals surface area contributed by atoms with Crippen molar-refractivity contribution in [1.82, 2.24) is 9.24 Å². The van der Waals surface area contributed by atoms with E-state index in [2.05, 4.69) is 4.90 Å². The summed E-state index contributed by atoms with van der Waals surface area (Å²) in [6, 6.07) is 5.69. The SMILES string of the molecule is Cn1c(=O)n(N2C(=O)CCCC2=O)c2ccc(N3CCC4(CC3)OCCO4)cc21. The van der Waals surface area contributed by atoms with Crippen LogP contribution in [0, 0.1) is 0 Å². The zero-order valence-corrected chi connectivity index (χ0v) is 16.4. The lowest BCUT2D eigenvalue weighted by molar-refractivity contribution is -0.169. The maximum Gasteiger partial charge on any atom is 0.348 e. The van der Waals surface area contributed by atoms with E-state index in [4.69, 9.17) is 9.47 Å². The number of hydrogen-bond acceptors (Lipinski definition) is 6. The molecule has 0 saturated carbocycles. The van der Waals surface area contributed by atoms with Gasteiger partial charge in [-0.15, -0.1) is 0 Å². The van der Waals surface area contributed by atoms with Crippen LogP contribution in [0.2, 0.25) is 0 Å². The highest BCUT2D eigenvalue weighted by atomic mass is 16.7. The summed E-state index contributed by atoms with van der Waals surface area (Å²) in [6.45, 7) is 2.89. The molecule has 1 spiro atoms. The van der Waals surface area contributed by atoms with Crippen molar-refractivity contribution in [3.05, 3.63) is 28.7 Å². The number of rotatable bonds is 2. The van der Waals surface area contributed by atoms with Crippen LogP contribution in [0.5, 0.6) is 0 Å². The minimum Gasteiger partial charge on any atom is -0.371 e. The Bertz CT molecular complexity index is 1020. The zero-order valence-electron chi connectivity index (χ0n) is 16.4. The number of amides is 2. The van der Waals surface area contributed by atoms with Gasteiger partial charge in [-0.2, -0.15) is 9.69 Å². The Labute approximate surface area is 167 Å². The Balaban J connectivity index is 1.49. The number of hydrogen-bond donors (Lipinski definition) is 0. The van der Waals surface area contributed by atoms with Gasteiger partial charge in [0, 0.05) is 51.5 Å². The predicted molar refractivity (Wildman–Crippen MR) is 105 cm³/mol. The van der Waals surface area contributed by atoms with Gasteiger partial charge in [-0.05, 0) is 24.6 Å². The molecule has 0 atom stereocenters. The van der Waals surface area contributed by atoms with Crippen LogP contribution in [0.15, 0.2) is 23.0 Å². The van der Waals surface area contributed by atoms with Gasteiger partial charge < -0.3 is 14.4 Å². The molecule has 0 N–H and O–H groups in total. The Morgan fingerprint density at radius 2 is 1.59 bits per heavy atom. The largest absolute Gasteiger partial charge is 0.371 e. The van der Waals surface area contributed by atoms with Crippen molar-refractivity contribution in [2.45, 2.75) is 37.9 Å². The molecule has 2 aromatic rings. The van der Waals surface area contributed by atoms with E-state index in [1.807, 2.05) is 18.2 Å². The molecule has 9 nitrogen and oxygen atoms in total. The summed E-state index contributed by atoms with van der Waals surface area (Å²) in [7, 11) is 1.66. The highest BCUT2D eigenvalue weighted by Gasteiger charge is 2.40. The number of imide groups is 1. The van der Waals surface area contributed by atoms with Gasteiger partial charge in [0.25, 0.3) is 0 Å². The molecule has 3 aliphatic heterocycles. The average molecular weight is 400 g/mol. The second kappa shape index (κ2) is 6.70. The molecule has 1 aromatic heterocycles. The number of carbonyl (C=O) groups is 2. The normalized spacial score (nSPS) is 22.2. The molecule has 5 rings (SSSR count). The lowest BCUT2D eigenvalue weighted by atomic mass is 10.0. The van der Waals surface area contributed by atoms with Gasteiger partial charge in [0.1, 0.15) is 0 Å². The minimum absolute atomic E-state index is 0.270. The first kappa shape index (κ1) is 18.4. The van der Waals surface area contributed by atoms with Crippen molar-refractivity contribution < 1.29 is 19.1 Å². The number of nitrogens with zero attached hydrogens (tertiary/aromatic N) is 4. The molecule has 154 valence electrons. The third kappa shape index (κ3) is 2.87. The Kier molecular flexibility index (Phi) is 4.25. The van der Waals surface area contributed by atoms with Crippen molar-refractivity contribution in [3.8, 4) is 0 Å². The number of aryl methyl sites for hydroxylation is 1. The average Bonchev–Trinajstić information content (AvgIpc) is 3.27. The highest BCUT2D eigenvalue weighted by Crippen LogP contribution is 2.34. The second-order valence-corrected chi connectivity index (χ2v) is 7.87. The van der Waals surface area contributed by atoms with Gasteiger partial charge in [-0.25, -0.2) is 4.79 Å². The maximum atomic E-state index is 12.9. The molecule has 3 fully saturated rings. The Morgan fingerprint density at radius 1 is 0.931 bits per heavy atom. The van der Waals surface area contributed by atoms with Crippen molar-refractivity contribution in [2.24, 2.45) is 7.05 Å². The van der Waals surface area contributed by atoms with Gasteiger partial charge in [0.15, 0.2) is 5.79 Å². The Morgan fingerprint density at radius 3 is 2.24 bits per heavy atom. The van der Waals surface area contributed by atoms with Crippen LogP contribution in [0.3, 0.4) is 0 Å². The van der Waals surface area contributed by atoms with E-state index in [0.29, 0.717) is 30.7 Å². The number of benzene rings is 1. The monoisotopic (exact) mass is 400 g/mol. The Hall–Kier alpha value is -2.65. The third-order valence-corrected chi connectivity index (χ3v) is 6.17. The zero-order chi connectivity index (χ0) is 20.2. The first-order chi connectivity index (χ1) is 14.0. The molecule has 29 heavy (non-hydrogen) atoms. The summed E-state index contributed by atoms with van der Waals surface area (Å²) in [5, 5.41) is 1.01. The topological polar surface area (TPSA) is 86.0 Å². The van der Waals surface area contributed by atoms with E-state index in [1.165, 1.54) is 9.24 Å². The van der Waals surface area contributed by atoms with Crippen LogP contribution < -0.4 is 15.6 Å². The summed E-state index contributed by atoms with van der Waals surface area (Å²) >= 11 is 0. The fraction of sp³-hybridized carbons (Fsp3) is 0.550. The van der Waals surface area contributed by atoms with Crippen LogP contribution in [-0.4, -0.2) is 53.1 Å². The van der Waals surface area contributed by atoms with Crippen LogP contribution >= 0.6 is 0 Å². The van der Waals surface area contributed by atoms with Crippen LogP contribution in [0.4, 0.5) is 5.69 Å². The number of anilines is 1. The summed E-state index contributed by atoms with van der Waals surface area (Å²) in [5.41, 5.74) is 1.84. The first-order valence-corrected chi connectivity index (χ1v) is 10.1. The van der Waals surface area contributed by atoms with E-state index >= 15 is 0 Å². The quantitative estimate of drug-likeness (QED) is 0.695. The summed E-state index contributed by atoms with van der Waals surface area (Å²) < 4.78 is 14.3. The smallest absolute Gasteiger partial charge is 0.348 e. The molecular formula is C20H24N4O5. The van der Waals surface area contributed by atoms with E-state index in [1.54, 1.807) is 7.05 Å². The lowest BCUT2D eigenvalue weighted by Gasteiger charge is -2.38.